The van der Waals surface area contributed by atoms with Gasteiger partial charge >= 0.3 is 0 Å². The van der Waals surface area contributed by atoms with Gasteiger partial charge in [-0.2, -0.15) is 0 Å². The summed E-state index contributed by atoms with van der Waals surface area (Å²) in [5, 5.41) is 0. The van der Waals surface area contributed by atoms with Crippen molar-refractivity contribution in [1.29, 1.82) is 0 Å². The number of piperazine rings is 1. The monoisotopic (exact) mass is 383 g/mol. The summed E-state index contributed by atoms with van der Waals surface area (Å²) >= 11 is 0. The van der Waals surface area contributed by atoms with Gasteiger partial charge in [-0.25, -0.2) is 9.97 Å². The summed E-state index contributed by atoms with van der Waals surface area (Å²) in [5.41, 5.74) is 2.40. The van der Waals surface area contributed by atoms with Crippen LogP contribution in [0.3, 0.4) is 0 Å². The van der Waals surface area contributed by atoms with Crippen molar-refractivity contribution < 1.29 is 9.47 Å². The summed E-state index contributed by atoms with van der Waals surface area (Å²) in [4.78, 5) is 16.4. The number of aromatic nitrogens is 2. The van der Waals surface area contributed by atoms with Crippen LogP contribution in [0.4, 0.5) is 5.95 Å². The quantitative estimate of drug-likeness (QED) is 0.752. The van der Waals surface area contributed by atoms with Gasteiger partial charge in [0.05, 0.1) is 26.0 Å². The van der Waals surface area contributed by atoms with E-state index in [1.54, 1.807) is 7.11 Å². The van der Waals surface area contributed by atoms with E-state index in [0.717, 1.165) is 83.0 Å². The molecule has 7 nitrogen and oxygen atoms in total. The number of nitrogens with zero attached hydrogens (tertiary/aromatic N) is 5. The summed E-state index contributed by atoms with van der Waals surface area (Å²) in [6.45, 7) is 9.34. The Bertz CT molecular complexity index is 758. The summed E-state index contributed by atoms with van der Waals surface area (Å²) in [6.07, 6.45) is 1.88. The summed E-state index contributed by atoms with van der Waals surface area (Å²) in [5.74, 6) is 1.76. The molecule has 28 heavy (non-hydrogen) atoms. The van der Waals surface area contributed by atoms with Crippen molar-refractivity contribution in [2.75, 3.05) is 64.5 Å². The van der Waals surface area contributed by atoms with Gasteiger partial charge in [0.2, 0.25) is 5.95 Å². The molecule has 7 heteroatoms. The zero-order valence-electron chi connectivity index (χ0n) is 16.6. The molecule has 4 rings (SSSR count). The molecule has 1 aromatic carbocycles. The summed E-state index contributed by atoms with van der Waals surface area (Å²) < 4.78 is 10.8. The first-order valence-electron chi connectivity index (χ1n) is 10.0. The maximum absolute atomic E-state index is 5.42. The van der Waals surface area contributed by atoms with Crippen LogP contribution in [0.25, 0.3) is 0 Å². The van der Waals surface area contributed by atoms with Crippen LogP contribution < -0.4 is 9.64 Å². The number of benzene rings is 1. The first kappa shape index (κ1) is 19.1. The molecule has 0 spiro atoms. The van der Waals surface area contributed by atoms with Gasteiger partial charge in [-0.05, 0) is 23.8 Å². The van der Waals surface area contributed by atoms with Gasteiger partial charge in [0.25, 0.3) is 0 Å². The zero-order valence-corrected chi connectivity index (χ0v) is 16.6. The molecule has 150 valence electrons. The highest BCUT2D eigenvalue weighted by atomic mass is 16.5. The van der Waals surface area contributed by atoms with Crippen LogP contribution in [-0.4, -0.2) is 79.4 Å². The van der Waals surface area contributed by atoms with Crippen LogP contribution in [-0.2, 0) is 17.8 Å². The average Bonchev–Trinajstić information content (AvgIpc) is 2.76. The molecule has 3 heterocycles. The van der Waals surface area contributed by atoms with Gasteiger partial charge in [0, 0.05) is 58.6 Å². The van der Waals surface area contributed by atoms with Gasteiger partial charge < -0.3 is 14.4 Å². The first-order valence-corrected chi connectivity index (χ1v) is 10.0. The molecular formula is C21H29N5O2. The van der Waals surface area contributed by atoms with E-state index in [0.29, 0.717) is 0 Å². The van der Waals surface area contributed by atoms with Crippen molar-refractivity contribution in [2.24, 2.45) is 0 Å². The second-order valence-corrected chi connectivity index (χ2v) is 7.35. The Morgan fingerprint density at radius 3 is 2.46 bits per heavy atom. The maximum atomic E-state index is 5.42. The fourth-order valence-corrected chi connectivity index (χ4v) is 3.75. The van der Waals surface area contributed by atoms with Gasteiger partial charge in [-0.1, -0.05) is 12.1 Å². The van der Waals surface area contributed by atoms with Gasteiger partial charge in [-0.3, -0.25) is 9.80 Å². The van der Waals surface area contributed by atoms with Crippen LogP contribution in [0.5, 0.6) is 5.75 Å². The lowest BCUT2D eigenvalue weighted by Crippen LogP contribution is -2.45. The minimum absolute atomic E-state index is 0.753. The minimum atomic E-state index is 0.753. The number of rotatable bonds is 6. The molecule has 0 aliphatic carbocycles. The Hall–Kier alpha value is -2.22. The normalized spacial score (nSPS) is 19.0. The Balaban J connectivity index is 1.28. The van der Waals surface area contributed by atoms with Crippen molar-refractivity contribution in [1.82, 2.24) is 19.8 Å². The second kappa shape index (κ2) is 9.32. The highest BCUT2D eigenvalue weighted by Crippen LogP contribution is 2.16. The van der Waals surface area contributed by atoms with Crippen molar-refractivity contribution >= 4 is 5.95 Å². The molecule has 2 aliphatic rings. The third kappa shape index (κ3) is 4.98. The number of methoxy groups -OCH3 is 1. The molecule has 2 fully saturated rings. The molecule has 0 bridgehead atoms. The highest BCUT2D eigenvalue weighted by molar-refractivity contribution is 5.31. The molecular weight excluding hydrogens is 354 g/mol. The van der Waals surface area contributed by atoms with E-state index in [1.807, 2.05) is 18.3 Å². The zero-order chi connectivity index (χ0) is 19.2. The number of hydrogen-bond acceptors (Lipinski definition) is 7. The van der Waals surface area contributed by atoms with Crippen molar-refractivity contribution in [2.45, 2.75) is 13.1 Å². The van der Waals surface area contributed by atoms with Gasteiger partial charge in [0.15, 0.2) is 0 Å². The fourth-order valence-electron chi connectivity index (χ4n) is 3.75. The average molecular weight is 383 g/mol. The molecule has 1 aromatic heterocycles. The maximum Gasteiger partial charge on any atom is 0.225 e. The first-order chi connectivity index (χ1) is 13.8. The SMILES string of the molecule is COc1cccc(CN2CCN(Cc3ccnc(N4CCOCC4)n3)CC2)c1. The molecule has 2 aromatic rings. The largest absolute Gasteiger partial charge is 0.497 e. The van der Waals surface area contributed by atoms with Crippen LogP contribution in [0, 0.1) is 0 Å². The number of morpholine rings is 1. The molecule has 0 unspecified atom stereocenters. The van der Waals surface area contributed by atoms with Crippen molar-refractivity contribution in [3.8, 4) is 5.75 Å². The topological polar surface area (TPSA) is 54.0 Å². The Labute approximate surface area is 166 Å². The lowest BCUT2D eigenvalue weighted by molar-refractivity contribution is 0.120. The van der Waals surface area contributed by atoms with Crippen LogP contribution in [0.2, 0.25) is 0 Å². The van der Waals surface area contributed by atoms with E-state index < -0.39 is 0 Å². The Morgan fingerprint density at radius 1 is 0.964 bits per heavy atom. The van der Waals surface area contributed by atoms with E-state index in [4.69, 9.17) is 14.5 Å². The van der Waals surface area contributed by atoms with E-state index in [1.165, 1.54) is 5.56 Å². The van der Waals surface area contributed by atoms with E-state index in [-0.39, 0.29) is 0 Å². The summed E-state index contributed by atoms with van der Waals surface area (Å²) in [7, 11) is 1.72. The highest BCUT2D eigenvalue weighted by Gasteiger charge is 2.19. The number of hydrogen-bond donors (Lipinski definition) is 0. The summed E-state index contributed by atoms with van der Waals surface area (Å²) in [6, 6.07) is 10.4. The van der Waals surface area contributed by atoms with E-state index in [2.05, 4.69) is 37.9 Å². The van der Waals surface area contributed by atoms with Crippen LogP contribution >= 0.6 is 0 Å². The third-order valence-electron chi connectivity index (χ3n) is 5.39. The Kier molecular flexibility index (Phi) is 6.36. The molecule has 0 radical (unpaired) electrons. The van der Waals surface area contributed by atoms with E-state index in [9.17, 15) is 0 Å². The third-order valence-corrected chi connectivity index (χ3v) is 5.39. The Morgan fingerprint density at radius 2 is 1.71 bits per heavy atom. The standard InChI is InChI=1S/C21H29N5O2/c1-27-20-4-2-3-18(15-20)16-24-7-9-25(10-8-24)17-19-5-6-22-21(23-19)26-11-13-28-14-12-26/h2-6,15H,7-14,16-17H2,1H3. The second-order valence-electron chi connectivity index (χ2n) is 7.35. The molecule has 0 saturated carbocycles. The lowest BCUT2D eigenvalue weighted by atomic mass is 10.2. The van der Waals surface area contributed by atoms with Crippen LogP contribution in [0.15, 0.2) is 36.5 Å². The molecule has 2 saturated heterocycles. The van der Waals surface area contributed by atoms with Crippen LogP contribution in [0.1, 0.15) is 11.3 Å². The lowest BCUT2D eigenvalue weighted by Gasteiger charge is -2.34. The van der Waals surface area contributed by atoms with Crippen molar-refractivity contribution in [3.63, 3.8) is 0 Å². The number of ether oxygens (including phenoxy) is 2. The predicted octanol–water partition coefficient (Wildman–Crippen LogP) is 1.64. The smallest absolute Gasteiger partial charge is 0.225 e. The minimum Gasteiger partial charge on any atom is -0.497 e. The molecule has 0 amide bonds. The predicted molar refractivity (Wildman–Crippen MR) is 109 cm³/mol. The molecule has 0 atom stereocenters. The van der Waals surface area contributed by atoms with Gasteiger partial charge in [0.1, 0.15) is 5.75 Å². The molecule has 0 N–H and O–H groups in total. The van der Waals surface area contributed by atoms with E-state index >= 15 is 0 Å². The number of anilines is 1. The van der Waals surface area contributed by atoms with Gasteiger partial charge in [-0.15, -0.1) is 0 Å². The molecule has 2 aliphatic heterocycles. The fraction of sp³-hybridized carbons (Fsp3) is 0.524. The van der Waals surface area contributed by atoms with Crippen molar-refractivity contribution in [3.05, 3.63) is 47.8 Å².